The SMILES string of the molecule is O=C(Nc1ccc(-c2cscn2)cc1)N1CCC[C@@H](Cn2ccnc2)C1. The molecule has 1 aliphatic rings. The maximum Gasteiger partial charge on any atom is 0.321 e. The van der Waals surface area contributed by atoms with Gasteiger partial charge in [0.05, 0.1) is 17.5 Å². The van der Waals surface area contributed by atoms with Crippen LogP contribution in [0.15, 0.2) is 53.9 Å². The molecule has 0 radical (unpaired) electrons. The van der Waals surface area contributed by atoms with Gasteiger partial charge in [-0.05, 0) is 30.9 Å². The summed E-state index contributed by atoms with van der Waals surface area (Å²) in [5, 5.41) is 5.03. The molecule has 1 fully saturated rings. The van der Waals surface area contributed by atoms with E-state index in [2.05, 4.69) is 19.9 Å². The minimum absolute atomic E-state index is 0.0262. The number of piperidine rings is 1. The number of likely N-dealkylation sites (tertiary alicyclic amines) is 1. The number of nitrogens with one attached hydrogen (secondary N) is 1. The van der Waals surface area contributed by atoms with Crippen LogP contribution >= 0.6 is 11.3 Å². The van der Waals surface area contributed by atoms with Crippen molar-refractivity contribution in [2.24, 2.45) is 5.92 Å². The zero-order chi connectivity index (χ0) is 17.8. The molecule has 3 heterocycles. The van der Waals surface area contributed by atoms with Crippen LogP contribution in [0.25, 0.3) is 11.3 Å². The highest BCUT2D eigenvalue weighted by Crippen LogP contribution is 2.22. The lowest BCUT2D eigenvalue weighted by Crippen LogP contribution is -2.43. The third-order valence-electron chi connectivity index (χ3n) is 4.70. The molecule has 0 aliphatic carbocycles. The summed E-state index contributed by atoms with van der Waals surface area (Å²) in [7, 11) is 0. The number of aromatic nitrogens is 3. The van der Waals surface area contributed by atoms with Crippen LogP contribution in [-0.2, 0) is 6.54 Å². The monoisotopic (exact) mass is 367 g/mol. The maximum atomic E-state index is 12.6. The number of nitrogens with zero attached hydrogens (tertiary/aromatic N) is 4. The van der Waals surface area contributed by atoms with Gasteiger partial charge in [0, 0.05) is 48.7 Å². The highest BCUT2D eigenvalue weighted by Gasteiger charge is 2.24. The second-order valence-corrected chi connectivity index (χ2v) is 7.31. The van der Waals surface area contributed by atoms with Crippen LogP contribution in [0.5, 0.6) is 0 Å². The van der Waals surface area contributed by atoms with Crippen LogP contribution < -0.4 is 5.32 Å². The van der Waals surface area contributed by atoms with Crippen molar-refractivity contribution in [2.45, 2.75) is 19.4 Å². The Bertz CT molecular complexity index is 829. The number of rotatable bonds is 4. The van der Waals surface area contributed by atoms with E-state index in [-0.39, 0.29) is 6.03 Å². The number of carbonyl (C=O) groups is 1. The van der Waals surface area contributed by atoms with Crippen LogP contribution in [-0.4, -0.2) is 38.6 Å². The number of anilines is 1. The smallest absolute Gasteiger partial charge is 0.321 e. The number of thiazole rings is 1. The number of hydrogen-bond acceptors (Lipinski definition) is 4. The van der Waals surface area contributed by atoms with Crippen LogP contribution in [0.3, 0.4) is 0 Å². The summed E-state index contributed by atoms with van der Waals surface area (Å²) in [6, 6.07) is 7.81. The molecule has 1 aromatic carbocycles. The van der Waals surface area contributed by atoms with Crippen molar-refractivity contribution >= 4 is 23.1 Å². The molecule has 1 saturated heterocycles. The Morgan fingerprint density at radius 1 is 1.31 bits per heavy atom. The standard InChI is InChI=1S/C19H21N5OS/c25-19(22-17-5-3-16(4-6-17)18-12-26-14-21-18)24-8-1-2-15(11-24)10-23-9-7-20-13-23/h3-7,9,12-15H,1-2,8,10-11H2,(H,22,25)/t15-/m0/s1. The number of amides is 2. The van der Waals surface area contributed by atoms with E-state index in [1.165, 1.54) is 0 Å². The van der Waals surface area contributed by atoms with E-state index in [1.54, 1.807) is 17.5 Å². The van der Waals surface area contributed by atoms with Gasteiger partial charge in [0.1, 0.15) is 0 Å². The van der Waals surface area contributed by atoms with Crippen molar-refractivity contribution in [1.29, 1.82) is 0 Å². The van der Waals surface area contributed by atoms with Gasteiger partial charge in [-0.2, -0.15) is 0 Å². The molecule has 7 heteroatoms. The third kappa shape index (κ3) is 3.94. The molecule has 6 nitrogen and oxygen atoms in total. The van der Waals surface area contributed by atoms with E-state index in [9.17, 15) is 4.79 Å². The van der Waals surface area contributed by atoms with E-state index in [0.717, 1.165) is 49.4 Å². The highest BCUT2D eigenvalue weighted by molar-refractivity contribution is 7.07. The van der Waals surface area contributed by atoms with Crippen molar-refractivity contribution < 1.29 is 4.79 Å². The zero-order valence-corrected chi connectivity index (χ0v) is 15.2. The Morgan fingerprint density at radius 3 is 2.92 bits per heavy atom. The average molecular weight is 367 g/mol. The molecule has 4 rings (SSSR count). The van der Waals surface area contributed by atoms with Gasteiger partial charge >= 0.3 is 6.03 Å². The fourth-order valence-corrected chi connectivity index (χ4v) is 3.93. The van der Waals surface area contributed by atoms with Gasteiger partial charge < -0.3 is 14.8 Å². The summed E-state index contributed by atoms with van der Waals surface area (Å²) >= 11 is 1.58. The van der Waals surface area contributed by atoms with Gasteiger partial charge in [-0.25, -0.2) is 14.8 Å². The van der Waals surface area contributed by atoms with Gasteiger partial charge in [-0.15, -0.1) is 11.3 Å². The summed E-state index contributed by atoms with van der Waals surface area (Å²) in [5.41, 5.74) is 4.65. The molecule has 1 aliphatic heterocycles. The first kappa shape index (κ1) is 16.8. The van der Waals surface area contributed by atoms with Crippen molar-refractivity contribution in [3.05, 3.63) is 53.9 Å². The van der Waals surface area contributed by atoms with Gasteiger partial charge in [0.15, 0.2) is 0 Å². The van der Waals surface area contributed by atoms with Crippen LogP contribution in [0.1, 0.15) is 12.8 Å². The summed E-state index contributed by atoms with van der Waals surface area (Å²) in [4.78, 5) is 22.9. The molecular weight excluding hydrogens is 346 g/mol. The lowest BCUT2D eigenvalue weighted by Gasteiger charge is -2.33. The number of urea groups is 1. The molecule has 1 atom stereocenters. The van der Waals surface area contributed by atoms with Gasteiger partial charge in [0.25, 0.3) is 0 Å². The first-order chi connectivity index (χ1) is 12.8. The fraction of sp³-hybridized carbons (Fsp3) is 0.316. The lowest BCUT2D eigenvalue weighted by atomic mass is 9.98. The van der Waals surface area contributed by atoms with Crippen molar-refractivity contribution in [2.75, 3.05) is 18.4 Å². The summed E-state index contributed by atoms with van der Waals surface area (Å²) < 4.78 is 2.09. The Balaban J connectivity index is 1.35. The third-order valence-corrected chi connectivity index (χ3v) is 5.29. The topological polar surface area (TPSA) is 63.1 Å². The van der Waals surface area contributed by atoms with Crippen molar-refractivity contribution in [3.63, 3.8) is 0 Å². The Hall–Kier alpha value is -2.67. The predicted molar refractivity (Wildman–Crippen MR) is 103 cm³/mol. The summed E-state index contributed by atoms with van der Waals surface area (Å²) in [5.74, 6) is 0.468. The molecule has 0 unspecified atom stereocenters. The molecule has 0 spiro atoms. The first-order valence-corrected chi connectivity index (χ1v) is 9.72. The Morgan fingerprint density at radius 2 is 2.19 bits per heavy atom. The molecule has 1 N–H and O–H groups in total. The average Bonchev–Trinajstić information content (AvgIpc) is 3.36. The van der Waals surface area contributed by atoms with Gasteiger partial charge in [-0.1, -0.05) is 12.1 Å². The van der Waals surface area contributed by atoms with Crippen LogP contribution in [0.2, 0.25) is 0 Å². The van der Waals surface area contributed by atoms with Gasteiger partial charge in [0.2, 0.25) is 0 Å². The molecule has 134 valence electrons. The van der Waals surface area contributed by atoms with E-state index < -0.39 is 0 Å². The molecule has 0 saturated carbocycles. The van der Waals surface area contributed by atoms with E-state index >= 15 is 0 Å². The minimum atomic E-state index is -0.0262. The number of carbonyl (C=O) groups excluding carboxylic acids is 1. The Kier molecular flexibility index (Phi) is 4.97. The van der Waals surface area contributed by atoms with Crippen LogP contribution in [0, 0.1) is 5.92 Å². The maximum absolute atomic E-state index is 12.6. The number of benzene rings is 1. The normalized spacial score (nSPS) is 17.2. The quantitative estimate of drug-likeness (QED) is 0.759. The molecule has 26 heavy (non-hydrogen) atoms. The lowest BCUT2D eigenvalue weighted by molar-refractivity contribution is 0.170. The first-order valence-electron chi connectivity index (χ1n) is 8.78. The zero-order valence-electron chi connectivity index (χ0n) is 14.4. The second kappa shape index (κ2) is 7.70. The molecule has 3 aromatic rings. The van der Waals surface area contributed by atoms with Gasteiger partial charge in [-0.3, -0.25) is 0 Å². The predicted octanol–water partition coefficient (Wildman–Crippen LogP) is 3.95. The van der Waals surface area contributed by atoms with E-state index in [0.29, 0.717) is 5.92 Å². The Labute approximate surface area is 156 Å². The molecule has 0 bridgehead atoms. The summed E-state index contributed by atoms with van der Waals surface area (Å²) in [6.07, 6.45) is 7.79. The molecule has 2 aromatic heterocycles. The highest BCUT2D eigenvalue weighted by atomic mass is 32.1. The second-order valence-electron chi connectivity index (χ2n) is 6.59. The van der Waals surface area contributed by atoms with Crippen molar-refractivity contribution in [1.82, 2.24) is 19.4 Å². The minimum Gasteiger partial charge on any atom is -0.337 e. The summed E-state index contributed by atoms with van der Waals surface area (Å²) in [6.45, 7) is 2.50. The largest absolute Gasteiger partial charge is 0.337 e. The molecule has 2 amide bonds. The van der Waals surface area contributed by atoms with E-state index in [4.69, 9.17) is 0 Å². The van der Waals surface area contributed by atoms with E-state index in [1.807, 2.05) is 52.6 Å². The fourth-order valence-electron chi connectivity index (χ4n) is 3.37. The van der Waals surface area contributed by atoms with Crippen LogP contribution in [0.4, 0.5) is 10.5 Å². The molecular formula is C19H21N5OS. The number of hydrogen-bond donors (Lipinski definition) is 1. The van der Waals surface area contributed by atoms with Crippen molar-refractivity contribution in [3.8, 4) is 11.3 Å². The number of imidazole rings is 1.